The fourth-order valence-electron chi connectivity index (χ4n) is 3.01. The molecular weight excluding hydrogens is 284 g/mol. The van der Waals surface area contributed by atoms with Crippen molar-refractivity contribution in [2.24, 2.45) is 5.73 Å². The number of nitrogens with two attached hydrogens (primary N) is 1. The number of aromatic nitrogens is 3. The van der Waals surface area contributed by atoms with Gasteiger partial charge >= 0.3 is 0 Å². The number of pyridine rings is 1. The van der Waals surface area contributed by atoms with E-state index in [0.717, 1.165) is 31.2 Å². The number of primary amides is 1. The van der Waals surface area contributed by atoms with Crippen LogP contribution in [0.2, 0.25) is 0 Å². The highest BCUT2D eigenvalue weighted by molar-refractivity contribution is 5.93. The molecule has 0 unspecified atom stereocenters. The van der Waals surface area contributed by atoms with Crippen molar-refractivity contribution in [1.82, 2.24) is 15.2 Å². The average Bonchev–Trinajstić information content (AvgIpc) is 3.09. The molecular formula is C15H18N4O3. The first-order valence-corrected chi connectivity index (χ1v) is 7.29. The molecule has 3 rings (SSSR count). The Kier molecular flexibility index (Phi) is 4.15. The first-order valence-electron chi connectivity index (χ1n) is 7.29. The van der Waals surface area contributed by atoms with Gasteiger partial charge in [0.05, 0.1) is 6.10 Å². The Morgan fingerprint density at radius 2 is 2.09 bits per heavy atom. The maximum atomic E-state index is 11.8. The summed E-state index contributed by atoms with van der Waals surface area (Å²) in [6.07, 6.45) is 5.40. The summed E-state index contributed by atoms with van der Waals surface area (Å²) in [5, 5.41) is 7.42. The van der Waals surface area contributed by atoms with Crippen LogP contribution in [0.25, 0.3) is 11.6 Å². The van der Waals surface area contributed by atoms with E-state index in [1.807, 2.05) is 6.07 Å². The predicted molar refractivity (Wildman–Crippen MR) is 78.1 cm³/mol. The topological polar surface area (TPSA) is 104 Å². The molecule has 0 bridgehead atoms. The van der Waals surface area contributed by atoms with Gasteiger partial charge in [0.25, 0.3) is 11.8 Å². The van der Waals surface area contributed by atoms with Gasteiger partial charge in [-0.25, -0.2) is 4.98 Å². The number of hydrogen-bond donors (Lipinski definition) is 1. The van der Waals surface area contributed by atoms with Crippen molar-refractivity contribution in [3.8, 4) is 11.6 Å². The molecule has 0 saturated heterocycles. The molecule has 2 aromatic heterocycles. The normalized spacial score (nSPS) is 21.7. The summed E-state index contributed by atoms with van der Waals surface area (Å²) < 4.78 is 10.5. The van der Waals surface area contributed by atoms with Crippen LogP contribution in [0.3, 0.4) is 0 Å². The second-order valence-electron chi connectivity index (χ2n) is 5.45. The van der Waals surface area contributed by atoms with Crippen molar-refractivity contribution in [2.75, 3.05) is 7.11 Å². The van der Waals surface area contributed by atoms with E-state index in [4.69, 9.17) is 14.9 Å². The molecule has 0 aromatic carbocycles. The molecule has 2 N–H and O–H groups in total. The molecule has 1 saturated carbocycles. The van der Waals surface area contributed by atoms with Gasteiger partial charge in [-0.3, -0.25) is 4.79 Å². The molecule has 0 spiro atoms. The second kappa shape index (κ2) is 6.23. The van der Waals surface area contributed by atoms with Crippen LogP contribution in [0.15, 0.2) is 22.9 Å². The highest BCUT2D eigenvalue weighted by Crippen LogP contribution is 2.35. The summed E-state index contributed by atoms with van der Waals surface area (Å²) >= 11 is 0. The Morgan fingerprint density at radius 1 is 1.32 bits per heavy atom. The highest BCUT2D eigenvalue weighted by atomic mass is 16.5. The lowest BCUT2D eigenvalue weighted by Gasteiger charge is -2.28. The predicted octanol–water partition coefficient (Wildman–Crippen LogP) is 1.90. The molecule has 2 aromatic rings. The van der Waals surface area contributed by atoms with Gasteiger partial charge in [0.2, 0.25) is 6.39 Å². The number of carbonyl (C=O) groups is 1. The van der Waals surface area contributed by atoms with Gasteiger partial charge in [0.15, 0.2) is 0 Å². The average molecular weight is 302 g/mol. The van der Waals surface area contributed by atoms with Gasteiger partial charge < -0.3 is 14.9 Å². The standard InChI is InChI=1S/C15H18N4O3/c1-21-10-4-2-9(3-5-10)11-6-7-12(15-19-17-8-22-15)18-13(11)14(16)20/h6-10H,2-5H2,1H3,(H2,16,20). The monoisotopic (exact) mass is 302 g/mol. The third-order valence-corrected chi connectivity index (χ3v) is 4.19. The van der Waals surface area contributed by atoms with Gasteiger partial charge in [0, 0.05) is 7.11 Å². The zero-order valence-corrected chi connectivity index (χ0v) is 12.4. The van der Waals surface area contributed by atoms with Crippen LogP contribution in [0.4, 0.5) is 0 Å². The molecule has 0 atom stereocenters. The minimum absolute atomic E-state index is 0.275. The van der Waals surface area contributed by atoms with E-state index in [0.29, 0.717) is 11.8 Å². The molecule has 7 heteroatoms. The highest BCUT2D eigenvalue weighted by Gasteiger charge is 2.26. The summed E-state index contributed by atoms with van der Waals surface area (Å²) in [7, 11) is 1.74. The fourth-order valence-corrected chi connectivity index (χ4v) is 3.01. The van der Waals surface area contributed by atoms with Crippen LogP contribution >= 0.6 is 0 Å². The van der Waals surface area contributed by atoms with Gasteiger partial charge in [-0.15, -0.1) is 10.2 Å². The molecule has 1 fully saturated rings. The van der Waals surface area contributed by atoms with E-state index in [-0.39, 0.29) is 17.5 Å². The van der Waals surface area contributed by atoms with Crippen molar-refractivity contribution in [2.45, 2.75) is 37.7 Å². The van der Waals surface area contributed by atoms with Gasteiger partial charge in [0.1, 0.15) is 11.4 Å². The number of rotatable bonds is 4. The maximum absolute atomic E-state index is 11.8. The first-order chi connectivity index (χ1) is 10.7. The quantitative estimate of drug-likeness (QED) is 0.925. The largest absolute Gasteiger partial charge is 0.422 e. The van der Waals surface area contributed by atoms with E-state index < -0.39 is 5.91 Å². The number of carbonyl (C=O) groups excluding carboxylic acids is 1. The number of ether oxygens (including phenoxy) is 1. The number of hydrogen-bond acceptors (Lipinski definition) is 6. The smallest absolute Gasteiger partial charge is 0.267 e. The third-order valence-electron chi connectivity index (χ3n) is 4.19. The van der Waals surface area contributed by atoms with Crippen LogP contribution in [0.1, 0.15) is 47.7 Å². The SMILES string of the molecule is COC1CCC(c2ccc(-c3nnco3)nc2C(N)=O)CC1. The van der Waals surface area contributed by atoms with Crippen molar-refractivity contribution in [3.05, 3.63) is 29.8 Å². The Bertz CT molecular complexity index is 649. The zero-order chi connectivity index (χ0) is 15.5. The number of methoxy groups -OCH3 is 1. The van der Waals surface area contributed by atoms with E-state index in [1.165, 1.54) is 6.39 Å². The lowest BCUT2D eigenvalue weighted by molar-refractivity contribution is 0.0657. The molecule has 1 aliphatic carbocycles. The summed E-state index contributed by atoms with van der Waals surface area (Å²) in [5.74, 6) is 0.0144. The van der Waals surface area contributed by atoms with Crippen LogP contribution in [-0.2, 0) is 4.74 Å². The summed E-state index contributed by atoms with van der Waals surface area (Å²) in [6, 6.07) is 3.68. The number of amides is 1. The minimum Gasteiger partial charge on any atom is -0.422 e. The third kappa shape index (κ3) is 2.85. The van der Waals surface area contributed by atoms with Crippen molar-refractivity contribution in [1.29, 1.82) is 0 Å². The molecule has 0 aliphatic heterocycles. The zero-order valence-electron chi connectivity index (χ0n) is 12.4. The lowest BCUT2D eigenvalue weighted by Crippen LogP contribution is -2.23. The van der Waals surface area contributed by atoms with E-state index in [1.54, 1.807) is 13.2 Å². The van der Waals surface area contributed by atoms with Crippen molar-refractivity contribution < 1.29 is 13.9 Å². The van der Waals surface area contributed by atoms with E-state index >= 15 is 0 Å². The summed E-state index contributed by atoms with van der Waals surface area (Å²) in [6.45, 7) is 0. The van der Waals surface area contributed by atoms with Crippen LogP contribution < -0.4 is 5.73 Å². The molecule has 2 heterocycles. The second-order valence-corrected chi connectivity index (χ2v) is 5.45. The molecule has 1 amide bonds. The Balaban J connectivity index is 1.90. The van der Waals surface area contributed by atoms with Gasteiger partial charge in [-0.05, 0) is 43.2 Å². The van der Waals surface area contributed by atoms with E-state index in [2.05, 4.69) is 15.2 Å². The summed E-state index contributed by atoms with van der Waals surface area (Å²) in [4.78, 5) is 16.1. The van der Waals surface area contributed by atoms with Crippen molar-refractivity contribution in [3.63, 3.8) is 0 Å². The molecule has 0 radical (unpaired) electrons. The minimum atomic E-state index is -0.537. The Hall–Kier alpha value is -2.28. The van der Waals surface area contributed by atoms with Gasteiger partial charge in [-0.1, -0.05) is 6.07 Å². The molecule has 1 aliphatic rings. The molecule has 22 heavy (non-hydrogen) atoms. The van der Waals surface area contributed by atoms with Crippen LogP contribution in [0, 0.1) is 0 Å². The van der Waals surface area contributed by atoms with Crippen molar-refractivity contribution >= 4 is 5.91 Å². The first kappa shape index (κ1) is 14.6. The van der Waals surface area contributed by atoms with Crippen LogP contribution in [-0.4, -0.2) is 34.3 Å². The number of nitrogens with zero attached hydrogens (tertiary/aromatic N) is 3. The Labute approximate surface area is 127 Å². The van der Waals surface area contributed by atoms with E-state index in [9.17, 15) is 4.79 Å². The summed E-state index contributed by atoms with van der Waals surface area (Å²) in [5.41, 5.74) is 7.15. The molecule has 7 nitrogen and oxygen atoms in total. The van der Waals surface area contributed by atoms with Gasteiger partial charge in [-0.2, -0.15) is 0 Å². The lowest BCUT2D eigenvalue weighted by atomic mass is 9.82. The molecule has 116 valence electrons. The Morgan fingerprint density at radius 3 is 2.68 bits per heavy atom. The fraction of sp³-hybridized carbons (Fsp3) is 0.467. The van der Waals surface area contributed by atoms with Crippen LogP contribution in [0.5, 0.6) is 0 Å². The maximum Gasteiger partial charge on any atom is 0.267 e.